The summed E-state index contributed by atoms with van der Waals surface area (Å²) in [5.41, 5.74) is 6.96. The van der Waals surface area contributed by atoms with Crippen LogP contribution in [0.1, 0.15) is 20.8 Å². The number of ether oxygens (including phenoxy) is 1. The van der Waals surface area contributed by atoms with Gasteiger partial charge in [-0.2, -0.15) is 9.97 Å². The van der Waals surface area contributed by atoms with Gasteiger partial charge in [0.25, 0.3) is 0 Å². The number of nitrogen functional groups attached to an aromatic ring is 1. The van der Waals surface area contributed by atoms with Crippen molar-refractivity contribution in [3.63, 3.8) is 0 Å². The van der Waals surface area contributed by atoms with E-state index in [1.165, 1.54) is 0 Å². The van der Waals surface area contributed by atoms with Crippen LogP contribution in [0.2, 0.25) is 0 Å². The monoisotopic (exact) mass is 262 g/mol. The number of anilines is 2. The topological polar surface area (TPSA) is 93.0 Å². The van der Waals surface area contributed by atoms with Gasteiger partial charge in [0.2, 0.25) is 5.95 Å². The van der Waals surface area contributed by atoms with E-state index in [0.29, 0.717) is 5.65 Å². The van der Waals surface area contributed by atoms with Gasteiger partial charge in [0.1, 0.15) is 5.52 Å². The molecule has 3 heterocycles. The molecule has 0 aromatic carbocycles. The first-order valence-electron chi connectivity index (χ1n) is 6.34. The molecular formula is C12H18N6O. The van der Waals surface area contributed by atoms with E-state index in [2.05, 4.69) is 45.6 Å². The van der Waals surface area contributed by atoms with E-state index in [4.69, 9.17) is 10.5 Å². The predicted molar refractivity (Wildman–Crippen MR) is 72.9 cm³/mol. The molecule has 7 heteroatoms. The van der Waals surface area contributed by atoms with Gasteiger partial charge in [-0.15, -0.1) is 0 Å². The molecule has 0 bridgehead atoms. The third-order valence-electron chi connectivity index (χ3n) is 3.15. The first-order valence-corrected chi connectivity index (χ1v) is 6.34. The number of H-pyrrole nitrogens is 1. The Kier molecular flexibility index (Phi) is 2.60. The Morgan fingerprint density at radius 2 is 2.26 bits per heavy atom. The van der Waals surface area contributed by atoms with Crippen molar-refractivity contribution in [2.75, 3.05) is 23.7 Å². The highest BCUT2D eigenvalue weighted by Crippen LogP contribution is 2.28. The number of hydrogen-bond acceptors (Lipinski definition) is 6. The molecule has 1 aliphatic rings. The van der Waals surface area contributed by atoms with E-state index in [9.17, 15) is 0 Å². The molecule has 0 radical (unpaired) electrons. The summed E-state index contributed by atoms with van der Waals surface area (Å²) in [6, 6.07) is 0. The molecule has 1 saturated heterocycles. The molecule has 0 amide bonds. The average molecular weight is 262 g/mol. The molecule has 0 saturated carbocycles. The van der Waals surface area contributed by atoms with Crippen LogP contribution in [0.4, 0.5) is 11.8 Å². The lowest BCUT2D eigenvalue weighted by atomic mass is 10.1. The summed E-state index contributed by atoms with van der Waals surface area (Å²) in [5.74, 6) is 1.04. The zero-order valence-electron chi connectivity index (χ0n) is 11.3. The van der Waals surface area contributed by atoms with E-state index in [1.807, 2.05) is 0 Å². The number of aromatic amines is 1. The van der Waals surface area contributed by atoms with Crippen LogP contribution < -0.4 is 10.6 Å². The molecule has 1 fully saturated rings. The van der Waals surface area contributed by atoms with Crippen molar-refractivity contribution in [3.05, 3.63) is 6.33 Å². The highest BCUT2D eigenvalue weighted by Gasteiger charge is 2.33. The second kappa shape index (κ2) is 4.06. The maximum atomic E-state index is 5.91. The number of nitrogens with two attached hydrogens (primary N) is 1. The Morgan fingerprint density at radius 3 is 3.00 bits per heavy atom. The van der Waals surface area contributed by atoms with E-state index < -0.39 is 0 Å². The van der Waals surface area contributed by atoms with Gasteiger partial charge in [0.15, 0.2) is 11.5 Å². The van der Waals surface area contributed by atoms with Crippen molar-refractivity contribution in [1.29, 1.82) is 0 Å². The Hall–Kier alpha value is -1.89. The Labute approximate surface area is 111 Å². The van der Waals surface area contributed by atoms with Crippen molar-refractivity contribution in [2.24, 2.45) is 0 Å². The number of fused-ring (bicyclic) bond motifs is 1. The van der Waals surface area contributed by atoms with Gasteiger partial charge >= 0.3 is 0 Å². The largest absolute Gasteiger partial charge is 0.369 e. The minimum Gasteiger partial charge on any atom is -0.369 e. The maximum Gasteiger partial charge on any atom is 0.224 e. The summed E-state index contributed by atoms with van der Waals surface area (Å²) < 4.78 is 5.91. The van der Waals surface area contributed by atoms with Gasteiger partial charge in [-0.3, -0.25) is 0 Å². The van der Waals surface area contributed by atoms with Gasteiger partial charge in [0, 0.05) is 13.1 Å². The maximum absolute atomic E-state index is 5.91. The number of aromatic nitrogens is 4. The lowest BCUT2D eigenvalue weighted by Crippen LogP contribution is -2.52. The Balaban J connectivity index is 2.06. The Morgan fingerprint density at radius 1 is 1.47 bits per heavy atom. The number of nitrogens with zero attached hydrogens (tertiary/aromatic N) is 4. The molecular weight excluding hydrogens is 244 g/mol. The molecule has 7 nitrogen and oxygen atoms in total. The molecule has 0 spiro atoms. The molecule has 2 aromatic heterocycles. The number of imidazole rings is 1. The van der Waals surface area contributed by atoms with Crippen LogP contribution >= 0.6 is 0 Å². The van der Waals surface area contributed by atoms with Gasteiger partial charge in [0.05, 0.1) is 18.0 Å². The van der Waals surface area contributed by atoms with Crippen LogP contribution in [-0.4, -0.2) is 44.7 Å². The first-order chi connectivity index (χ1) is 8.94. The summed E-state index contributed by atoms with van der Waals surface area (Å²) >= 11 is 0. The van der Waals surface area contributed by atoms with Crippen LogP contribution in [-0.2, 0) is 4.74 Å². The van der Waals surface area contributed by atoms with Crippen LogP contribution in [0, 0.1) is 0 Å². The number of hydrogen-bond donors (Lipinski definition) is 2. The van der Waals surface area contributed by atoms with Crippen LogP contribution in [0.15, 0.2) is 6.33 Å². The van der Waals surface area contributed by atoms with Crippen LogP contribution in [0.3, 0.4) is 0 Å². The summed E-state index contributed by atoms with van der Waals surface area (Å²) in [6.07, 6.45) is 1.75. The van der Waals surface area contributed by atoms with Crippen molar-refractivity contribution in [3.8, 4) is 0 Å². The number of nitrogens with one attached hydrogen (secondary N) is 1. The van der Waals surface area contributed by atoms with Crippen molar-refractivity contribution >= 4 is 22.9 Å². The van der Waals surface area contributed by atoms with Gasteiger partial charge in [-0.1, -0.05) is 0 Å². The van der Waals surface area contributed by atoms with Crippen molar-refractivity contribution < 1.29 is 4.74 Å². The molecule has 102 valence electrons. The summed E-state index contributed by atoms with van der Waals surface area (Å²) in [4.78, 5) is 17.9. The van der Waals surface area contributed by atoms with Gasteiger partial charge in [-0.05, 0) is 20.8 Å². The molecule has 2 aromatic rings. The fourth-order valence-electron chi connectivity index (χ4n) is 2.68. The van der Waals surface area contributed by atoms with Crippen LogP contribution in [0.5, 0.6) is 0 Å². The van der Waals surface area contributed by atoms with Gasteiger partial charge < -0.3 is 20.4 Å². The zero-order chi connectivity index (χ0) is 13.6. The lowest BCUT2D eigenvalue weighted by molar-refractivity contribution is -0.0751. The predicted octanol–water partition coefficient (Wildman–Crippen LogP) is 0.939. The van der Waals surface area contributed by atoms with Crippen molar-refractivity contribution in [2.45, 2.75) is 32.5 Å². The summed E-state index contributed by atoms with van der Waals surface area (Å²) in [7, 11) is 0. The molecule has 3 N–H and O–H groups in total. The third kappa shape index (κ3) is 2.21. The highest BCUT2D eigenvalue weighted by atomic mass is 16.5. The highest BCUT2D eigenvalue weighted by molar-refractivity contribution is 5.84. The first kappa shape index (κ1) is 12.2. The number of morpholine rings is 1. The summed E-state index contributed by atoms with van der Waals surface area (Å²) in [6.45, 7) is 7.73. The second-order valence-electron chi connectivity index (χ2n) is 5.58. The zero-order valence-corrected chi connectivity index (χ0v) is 11.3. The molecule has 1 aliphatic heterocycles. The minimum atomic E-state index is -0.219. The van der Waals surface area contributed by atoms with Gasteiger partial charge in [-0.25, -0.2) is 4.98 Å². The summed E-state index contributed by atoms with van der Waals surface area (Å²) in [5, 5.41) is 0. The standard InChI is InChI=1S/C12H18N6O/c1-7-4-18(5-12(2,3)19-7)10-8-9(15-6-14-8)16-11(13)17-10/h6-7H,4-5H2,1-3H3,(H3,13,14,15,16,17). The fourth-order valence-corrected chi connectivity index (χ4v) is 2.68. The Bertz CT molecular complexity index is 607. The van der Waals surface area contributed by atoms with E-state index >= 15 is 0 Å². The smallest absolute Gasteiger partial charge is 0.224 e. The molecule has 3 rings (SSSR count). The quantitative estimate of drug-likeness (QED) is 0.794. The normalized spacial score (nSPS) is 22.9. The SMILES string of the molecule is CC1CN(c2nc(N)nc3nc[nH]c23)CC(C)(C)O1. The van der Waals surface area contributed by atoms with E-state index in [1.54, 1.807) is 6.33 Å². The van der Waals surface area contributed by atoms with E-state index in [0.717, 1.165) is 24.4 Å². The number of rotatable bonds is 1. The molecule has 19 heavy (non-hydrogen) atoms. The van der Waals surface area contributed by atoms with Crippen LogP contribution in [0.25, 0.3) is 11.2 Å². The molecule has 0 aliphatic carbocycles. The van der Waals surface area contributed by atoms with Crippen molar-refractivity contribution in [1.82, 2.24) is 19.9 Å². The fraction of sp³-hybridized carbons (Fsp3) is 0.583. The molecule has 1 unspecified atom stereocenters. The third-order valence-corrected chi connectivity index (χ3v) is 3.15. The van der Waals surface area contributed by atoms with E-state index in [-0.39, 0.29) is 17.7 Å². The lowest BCUT2D eigenvalue weighted by Gasteiger charge is -2.42. The average Bonchev–Trinajstić information content (AvgIpc) is 2.72. The minimum absolute atomic E-state index is 0.137. The second-order valence-corrected chi connectivity index (χ2v) is 5.58. The molecule has 1 atom stereocenters.